The Labute approximate surface area is 156 Å². The van der Waals surface area contributed by atoms with Crippen LogP contribution in [0.3, 0.4) is 0 Å². The van der Waals surface area contributed by atoms with Crippen LogP contribution in [0.25, 0.3) is 0 Å². The summed E-state index contributed by atoms with van der Waals surface area (Å²) in [7, 11) is 0. The number of aryl methyl sites for hydroxylation is 1. The predicted molar refractivity (Wildman–Crippen MR) is 110 cm³/mol. The number of carbonyl (C=O) groups is 1. The number of carbonyl (C=O) groups excluding carboxylic acids is 1. The number of hydrogen-bond donors (Lipinski definition) is 0. The summed E-state index contributed by atoms with van der Waals surface area (Å²) in [5.74, 6) is 0.290. The van der Waals surface area contributed by atoms with Crippen LogP contribution in [-0.4, -0.2) is 19.0 Å². The summed E-state index contributed by atoms with van der Waals surface area (Å²) in [6, 6.07) is 4.61. The predicted octanol–water partition coefficient (Wildman–Crippen LogP) is 6.15. The van der Waals surface area contributed by atoms with Gasteiger partial charge in [-0.25, -0.2) is 0 Å². The average molecular weight is 349 g/mol. The standard InChI is InChI=1S/C22H36O2.CH4/c1-9-24-13-12-18(23)11-10-17-14-19(21(3,4)5)16(2)20(15-17)22(6,7)8;/h14-15H,9-13H2,1-8H3;1H4. The fourth-order valence-electron chi connectivity index (χ4n) is 3.22. The normalized spacial score (nSPS) is 12.0. The van der Waals surface area contributed by atoms with E-state index in [0.29, 0.717) is 31.8 Å². The average Bonchev–Trinajstić information content (AvgIpc) is 2.44. The Morgan fingerprint density at radius 2 is 1.44 bits per heavy atom. The fourth-order valence-corrected chi connectivity index (χ4v) is 3.22. The first-order chi connectivity index (χ1) is 11.0. The lowest BCUT2D eigenvalue weighted by Crippen LogP contribution is -2.20. The minimum atomic E-state index is 0. The molecule has 0 saturated heterocycles. The van der Waals surface area contributed by atoms with Gasteiger partial charge in [-0.15, -0.1) is 0 Å². The summed E-state index contributed by atoms with van der Waals surface area (Å²) in [4.78, 5) is 12.0. The molecule has 0 N–H and O–H groups in total. The van der Waals surface area contributed by atoms with Gasteiger partial charge in [0.15, 0.2) is 0 Å². The van der Waals surface area contributed by atoms with Crippen LogP contribution in [0.5, 0.6) is 0 Å². The van der Waals surface area contributed by atoms with Crippen molar-refractivity contribution < 1.29 is 9.53 Å². The van der Waals surface area contributed by atoms with Crippen molar-refractivity contribution in [1.82, 2.24) is 0 Å². The molecule has 1 rings (SSSR count). The molecule has 1 aromatic rings. The van der Waals surface area contributed by atoms with E-state index in [4.69, 9.17) is 4.74 Å². The first-order valence-corrected chi connectivity index (χ1v) is 9.20. The second kappa shape index (κ2) is 9.52. The maximum atomic E-state index is 12.0. The monoisotopic (exact) mass is 348 g/mol. The van der Waals surface area contributed by atoms with Gasteiger partial charge in [-0.2, -0.15) is 0 Å². The molecule has 144 valence electrons. The molecule has 0 fully saturated rings. The van der Waals surface area contributed by atoms with Gasteiger partial charge in [-0.3, -0.25) is 4.79 Å². The van der Waals surface area contributed by atoms with Crippen LogP contribution in [0.15, 0.2) is 12.1 Å². The number of ether oxygens (including phenoxy) is 1. The Hall–Kier alpha value is -1.15. The number of Topliss-reactive ketones (excluding diaryl/α,β-unsaturated/α-hetero) is 1. The van der Waals surface area contributed by atoms with Crippen LogP contribution in [0.4, 0.5) is 0 Å². The van der Waals surface area contributed by atoms with Crippen molar-refractivity contribution in [2.45, 2.75) is 92.9 Å². The molecular weight excluding hydrogens is 308 g/mol. The maximum Gasteiger partial charge on any atom is 0.135 e. The van der Waals surface area contributed by atoms with Gasteiger partial charge in [0.2, 0.25) is 0 Å². The molecule has 0 radical (unpaired) electrons. The zero-order valence-corrected chi connectivity index (χ0v) is 17.0. The Bertz CT molecular complexity index is 521. The molecule has 1 aromatic carbocycles. The summed E-state index contributed by atoms with van der Waals surface area (Å²) in [6.07, 6.45) is 1.94. The van der Waals surface area contributed by atoms with Crippen LogP contribution in [0.1, 0.15) is 91.0 Å². The molecule has 2 heteroatoms. The molecule has 0 aromatic heterocycles. The van der Waals surface area contributed by atoms with E-state index in [-0.39, 0.29) is 18.3 Å². The number of benzene rings is 1. The Morgan fingerprint density at radius 3 is 1.84 bits per heavy atom. The van der Waals surface area contributed by atoms with E-state index in [9.17, 15) is 4.79 Å². The molecule has 0 unspecified atom stereocenters. The first kappa shape index (κ1) is 23.9. The summed E-state index contributed by atoms with van der Waals surface area (Å²) in [6.45, 7) is 19.0. The molecular formula is C23H40O2. The van der Waals surface area contributed by atoms with Crippen LogP contribution in [0.2, 0.25) is 0 Å². The lowest BCUT2D eigenvalue weighted by atomic mass is 9.75. The van der Waals surface area contributed by atoms with E-state index in [1.165, 1.54) is 22.3 Å². The SMILES string of the molecule is C.CCOCCC(=O)CCc1cc(C(C)(C)C)c(C)c(C(C)(C)C)c1. The molecule has 0 aliphatic heterocycles. The van der Waals surface area contributed by atoms with Gasteiger partial charge in [-0.05, 0) is 53.4 Å². The maximum absolute atomic E-state index is 12.0. The minimum absolute atomic E-state index is 0. The van der Waals surface area contributed by atoms with Gasteiger partial charge >= 0.3 is 0 Å². The van der Waals surface area contributed by atoms with Crippen molar-refractivity contribution in [3.05, 3.63) is 34.4 Å². The van der Waals surface area contributed by atoms with Crippen LogP contribution >= 0.6 is 0 Å². The Kier molecular flexibility index (Phi) is 9.08. The van der Waals surface area contributed by atoms with Crippen molar-refractivity contribution >= 4 is 5.78 Å². The molecule has 2 nitrogen and oxygen atoms in total. The Balaban J connectivity index is 0.00000576. The summed E-state index contributed by atoms with van der Waals surface area (Å²) in [5.41, 5.74) is 5.68. The largest absolute Gasteiger partial charge is 0.381 e. The number of hydrogen-bond acceptors (Lipinski definition) is 2. The molecule has 0 bridgehead atoms. The van der Waals surface area contributed by atoms with E-state index >= 15 is 0 Å². The van der Waals surface area contributed by atoms with Crippen molar-refractivity contribution in [3.8, 4) is 0 Å². The van der Waals surface area contributed by atoms with E-state index in [1.54, 1.807) is 0 Å². The fraction of sp³-hybridized carbons (Fsp3) is 0.696. The summed E-state index contributed by atoms with van der Waals surface area (Å²) in [5, 5.41) is 0. The molecule has 0 heterocycles. The first-order valence-electron chi connectivity index (χ1n) is 9.20. The van der Waals surface area contributed by atoms with Crippen molar-refractivity contribution in [2.24, 2.45) is 0 Å². The lowest BCUT2D eigenvalue weighted by molar-refractivity contribution is -0.120. The second-order valence-corrected chi connectivity index (χ2v) is 8.80. The van der Waals surface area contributed by atoms with Gasteiger partial charge < -0.3 is 4.74 Å². The topological polar surface area (TPSA) is 26.3 Å². The molecule has 0 saturated carbocycles. The van der Waals surface area contributed by atoms with Crippen molar-refractivity contribution in [2.75, 3.05) is 13.2 Å². The van der Waals surface area contributed by atoms with E-state index < -0.39 is 0 Å². The second-order valence-electron chi connectivity index (χ2n) is 8.80. The molecule has 25 heavy (non-hydrogen) atoms. The molecule has 0 aliphatic carbocycles. The van der Waals surface area contributed by atoms with Crippen LogP contribution in [0, 0.1) is 6.92 Å². The zero-order chi connectivity index (χ0) is 18.5. The smallest absolute Gasteiger partial charge is 0.135 e. The molecule has 0 atom stereocenters. The summed E-state index contributed by atoms with van der Waals surface area (Å²) >= 11 is 0. The van der Waals surface area contributed by atoms with Gasteiger partial charge in [0.25, 0.3) is 0 Å². The van der Waals surface area contributed by atoms with Crippen molar-refractivity contribution in [1.29, 1.82) is 0 Å². The molecule has 0 spiro atoms. The zero-order valence-electron chi connectivity index (χ0n) is 17.0. The highest BCUT2D eigenvalue weighted by Gasteiger charge is 2.24. The number of ketones is 1. The highest BCUT2D eigenvalue weighted by Crippen LogP contribution is 2.34. The molecule has 0 amide bonds. The Morgan fingerprint density at radius 1 is 0.960 bits per heavy atom. The van der Waals surface area contributed by atoms with Gasteiger partial charge in [-0.1, -0.05) is 61.1 Å². The van der Waals surface area contributed by atoms with Gasteiger partial charge in [0.1, 0.15) is 5.78 Å². The highest BCUT2D eigenvalue weighted by molar-refractivity contribution is 5.78. The highest BCUT2D eigenvalue weighted by atomic mass is 16.5. The number of rotatable bonds is 7. The lowest BCUT2D eigenvalue weighted by Gasteiger charge is -2.30. The van der Waals surface area contributed by atoms with E-state index in [0.717, 1.165) is 6.42 Å². The van der Waals surface area contributed by atoms with Crippen LogP contribution in [-0.2, 0) is 26.8 Å². The van der Waals surface area contributed by atoms with E-state index in [1.807, 2.05) is 6.92 Å². The van der Waals surface area contributed by atoms with E-state index in [2.05, 4.69) is 60.6 Å². The molecule has 0 aliphatic rings. The van der Waals surface area contributed by atoms with Crippen molar-refractivity contribution in [3.63, 3.8) is 0 Å². The third-order valence-electron chi connectivity index (χ3n) is 4.51. The van der Waals surface area contributed by atoms with Gasteiger partial charge in [0, 0.05) is 19.4 Å². The quantitative estimate of drug-likeness (QED) is 0.552. The third-order valence-corrected chi connectivity index (χ3v) is 4.51. The van der Waals surface area contributed by atoms with Gasteiger partial charge in [0.05, 0.1) is 6.61 Å². The minimum Gasteiger partial charge on any atom is -0.381 e. The van der Waals surface area contributed by atoms with Crippen LogP contribution < -0.4 is 0 Å². The summed E-state index contributed by atoms with van der Waals surface area (Å²) < 4.78 is 5.28. The third kappa shape index (κ3) is 7.32.